The van der Waals surface area contributed by atoms with E-state index in [1.54, 1.807) is 19.2 Å². The van der Waals surface area contributed by atoms with E-state index in [1.807, 2.05) is 53.1 Å². The van der Waals surface area contributed by atoms with E-state index in [1.165, 1.54) is 17.3 Å². The lowest BCUT2D eigenvalue weighted by molar-refractivity contribution is -0.122. The van der Waals surface area contributed by atoms with Crippen molar-refractivity contribution in [1.29, 1.82) is 0 Å². The molecule has 0 bridgehead atoms. The van der Waals surface area contributed by atoms with Crippen LogP contribution in [0.1, 0.15) is 29.3 Å². The minimum absolute atomic E-state index is 0.0196. The quantitative estimate of drug-likeness (QED) is 0.253. The van der Waals surface area contributed by atoms with Crippen molar-refractivity contribution in [2.45, 2.75) is 29.8 Å². The standard InChI is InChI=1S/C27H24Cl2N4O2S/c1-35-20-9-5-6-17(12-20)16-36-27-32-31-25(33(27)24-11-10-19(28)13-23(24)29)15-30-26(34)22-14-21(22)18-7-3-2-4-8-18/h2-13,21-22H,14-16H2,1H3,(H,30,34)/t21-,22?/m0/s1. The highest BCUT2D eigenvalue weighted by molar-refractivity contribution is 7.98. The van der Waals surface area contributed by atoms with Gasteiger partial charge in [0.1, 0.15) is 5.75 Å². The van der Waals surface area contributed by atoms with E-state index < -0.39 is 0 Å². The van der Waals surface area contributed by atoms with Crippen LogP contribution in [-0.2, 0) is 17.1 Å². The second kappa shape index (κ2) is 10.9. The lowest BCUT2D eigenvalue weighted by Gasteiger charge is -2.13. The van der Waals surface area contributed by atoms with E-state index in [0.29, 0.717) is 32.5 Å². The van der Waals surface area contributed by atoms with E-state index >= 15 is 0 Å². The fourth-order valence-electron chi connectivity index (χ4n) is 4.17. The van der Waals surface area contributed by atoms with Crippen molar-refractivity contribution in [3.8, 4) is 11.4 Å². The topological polar surface area (TPSA) is 69.0 Å². The van der Waals surface area contributed by atoms with Gasteiger partial charge in [0.2, 0.25) is 5.91 Å². The molecule has 36 heavy (non-hydrogen) atoms. The number of amides is 1. The largest absolute Gasteiger partial charge is 0.497 e. The molecule has 4 aromatic rings. The molecule has 1 amide bonds. The third-order valence-corrected chi connectivity index (χ3v) is 7.67. The summed E-state index contributed by atoms with van der Waals surface area (Å²) in [5, 5.41) is 13.5. The fourth-order valence-corrected chi connectivity index (χ4v) is 5.57. The monoisotopic (exact) mass is 538 g/mol. The average molecular weight is 539 g/mol. The van der Waals surface area contributed by atoms with E-state index in [-0.39, 0.29) is 24.3 Å². The number of hydrogen-bond donors (Lipinski definition) is 1. The third kappa shape index (κ3) is 5.53. The zero-order valence-electron chi connectivity index (χ0n) is 19.5. The Balaban J connectivity index is 1.34. The number of halogens is 2. The molecule has 5 rings (SSSR count). The van der Waals surface area contributed by atoms with Gasteiger partial charge in [-0.1, -0.05) is 77.4 Å². The van der Waals surface area contributed by atoms with Gasteiger partial charge in [0, 0.05) is 16.7 Å². The van der Waals surface area contributed by atoms with Gasteiger partial charge >= 0.3 is 0 Å². The highest BCUT2D eigenvalue weighted by Crippen LogP contribution is 2.47. The highest BCUT2D eigenvalue weighted by atomic mass is 35.5. The second-order valence-corrected chi connectivity index (χ2v) is 10.3. The summed E-state index contributed by atoms with van der Waals surface area (Å²) in [5.74, 6) is 2.32. The van der Waals surface area contributed by atoms with Crippen LogP contribution in [0.25, 0.3) is 5.69 Å². The van der Waals surface area contributed by atoms with Gasteiger partial charge in [0.15, 0.2) is 11.0 Å². The summed E-state index contributed by atoms with van der Waals surface area (Å²) in [6.07, 6.45) is 0.854. The van der Waals surface area contributed by atoms with Crippen LogP contribution < -0.4 is 10.1 Å². The molecule has 9 heteroatoms. The Morgan fingerprint density at radius 1 is 1.08 bits per heavy atom. The molecule has 0 spiro atoms. The highest BCUT2D eigenvalue weighted by Gasteiger charge is 2.43. The maximum absolute atomic E-state index is 12.9. The third-order valence-electron chi connectivity index (χ3n) is 6.13. The van der Waals surface area contributed by atoms with Gasteiger partial charge < -0.3 is 10.1 Å². The van der Waals surface area contributed by atoms with Crippen LogP contribution in [0.15, 0.2) is 78.0 Å². The molecule has 2 atom stereocenters. The predicted molar refractivity (Wildman–Crippen MR) is 143 cm³/mol. The van der Waals surface area contributed by atoms with Crippen molar-refractivity contribution < 1.29 is 9.53 Å². The summed E-state index contributed by atoms with van der Waals surface area (Å²) in [6.45, 7) is 0.239. The van der Waals surface area contributed by atoms with Crippen LogP contribution in [-0.4, -0.2) is 27.8 Å². The molecule has 1 aliphatic rings. The van der Waals surface area contributed by atoms with Gasteiger partial charge in [-0.05, 0) is 53.8 Å². The smallest absolute Gasteiger partial charge is 0.224 e. The number of hydrogen-bond acceptors (Lipinski definition) is 5. The van der Waals surface area contributed by atoms with Crippen molar-refractivity contribution in [3.05, 3.63) is 99.8 Å². The van der Waals surface area contributed by atoms with Crippen LogP contribution >= 0.6 is 35.0 Å². The summed E-state index contributed by atoms with van der Waals surface area (Å²) in [4.78, 5) is 12.9. The number of nitrogens with one attached hydrogen (secondary N) is 1. The summed E-state index contributed by atoms with van der Waals surface area (Å²) >= 11 is 14.2. The number of ether oxygens (including phenoxy) is 1. The summed E-state index contributed by atoms with van der Waals surface area (Å²) < 4.78 is 7.21. The van der Waals surface area contributed by atoms with Crippen LogP contribution in [0.5, 0.6) is 5.75 Å². The first kappa shape index (κ1) is 24.7. The Kier molecular flexibility index (Phi) is 7.51. The molecule has 0 aliphatic heterocycles. The predicted octanol–water partition coefficient (Wildman–Crippen LogP) is 6.29. The Morgan fingerprint density at radius 2 is 1.92 bits per heavy atom. The van der Waals surface area contributed by atoms with Crippen molar-refractivity contribution in [2.75, 3.05) is 7.11 Å². The maximum atomic E-state index is 12.9. The van der Waals surface area contributed by atoms with Crippen molar-refractivity contribution >= 4 is 40.9 Å². The Bertz CT molecular complexity index is 1380. The Hall–Kier alpha value is -3.00. The van der Waals surface area contributed by atoms with Crippen molar-refractivity contribution in [1.82, 2.24) is 20.1 Å². The average Bonchev–Trinajstić information content (AvgIpc) is 3.61. The fraction of sp³-hybridized carbons (Fsp3) is 0.222. The minimum Gasteiger partial charge on any atom is -0.497 e. The van der Waals surface area contributed by atoms with Gasteiger partial charge in [-0.2, -0.15) is 0 Å². The van der Waals surface area contributed by atoms with Gasteiger partial charge in [0.25, 0.3) is 0 Å². The Labute approximate surface area is 224 Å². The minimum atomic E-state index is -0.0233. The lowest BCUT2D eigenvalue weighted by atomic mass is 10.1. The summed E-state index contributed by atoms with van der Waals surface area (Å²) in [5.41, 5.74) is 2.99. The molecule has 1 aliphatic carbocycles. The van der Waals surface area contributed by atoms with Crippen LogP contribution in [0, 0.1) is 5.92 Å². The first-order valence-corrected chi connectivity index (χ1v) is 13.3. The summed E-state index contributed by atoms with van der Waals surface area (Å²) in [7, 11) is 1.65. The van der Waals surface area contributed by atoms with Crippen molar-refractivity contribution in [3.63, 3.8) is 0 Å². The zero-order valence-corrected chi connectivity index (χ0v) is 21.9. The van der Waals surface area contributed by atoms with E-state index in [9.17, 15) is 4.79 Å². The molecule has 1 unspecified atom stereocenters. The lowest BCUT2D eigenvalue weighted by Crippen LogP contribution is -2.26. The SMILES string of the molecule is COc1cccc(CSc2nnc(CNC(=O)C3C[C@H]3c3ccccc3)n2-c2ccc(Cl)cc2Cl)c1. The molecule has 6 nitrogen and oxygen atoms in total. The summed E-state index contributed by atoms with van der Waals surface area (Å²) in [6, 6.07) is 23.3. The number of aromatic nitrogens is 3. The van der Waals surface area contributed by atoms with Crippen LogP contribution in [0.3, 0.4) is 0 Å². The molecule has 0 saturated heterocycles. The van der Waals surface area contributed by atoms with E-state index in [4.69, 9.17) is 27.9 Å². The van der Waals surface area contributed by atoms with Crippen LogP contribution in [0.4, 0.5) is 0 Å². The van der Waals surface area contributed by atoms with Gasteiger partial charge in [-0.15, -0.1) is 10.2 Å². The molecule has 1 N–H and O–H groups in total. The first-order chi connectivity index (χ1) is 17.5. The van der Waals surface area contributed by atoms with Gasteiger partial charge in [0.05, 0.1) is 24.4 Å². The number of carbonyl (C=O) groups is 1. The first-order valence-electron chi connectivity index (χ1n) is 11.5. The molecule has 1 fully saturated rings. The van der Waals surface area contributed by atoms with Gasteiger partial charge in [-0.3, -0.25) is 9.36 Å². The van der Waals surface area contributed by atoms with Gasteiger partial charge in [-0.25, -0.2) is 0 Å². The molecule has 1 saturated carbocycles. The number of carbonyl (C=O) groups excluding carboxylic acids is 1. The molecule has 0 radical (unpaired) electrons. The van der Waals surface area contributed by atoms with E-state index in [0.717, 1.165) is 17.7 Å². The van der Waals surface area contributed by atoms with E-state index in [2.05, 4.69) is 27.6 Å². The molecule has 1 aromatic heterocycles. The number of nitrogens with zero attached hydrogens (tertiary/aromatic N) is 3. The zero-order chi connectivity index (χ0) is 25.1. The van der Waals surface area contributed by atoms with Crippen LogP contribution in [0.2, 0.25) is 10.0 Å². The normalized spacial score (nSPS) is 16.5. The second-order valence-electron chi connectivity index (χ2n) is 8.55. The molecular weight excluding hydrogens is 515 g/mol. The maximum Gasteiger partial charge on any atom is 0.224 e. The number of thioether (sulfide) groups is 1. The van der Waals surface area contributed by atoms with Crippen molar-refractivity contribution in [2.24, 2.45) is 5.92 Å². The molecule has 3 aromatic carbocycles. The molecule has 1 heterocycles. The number of rotatable bonds is 9. The Morgan fingerprint density at radius 3 is 2.69 bits per heavy atom. The molecular formula is C27H24Cl2N4O2S. The molecule has 184 valence electrons. The number of benzene rings is 3. The number of methoxy groups -OCH3 is 1.